The second kappa shape index (κ2) is 8.25. The standard InChI is InChI=1S/C20H32N2O/c1-3-16(13-22-19-5-4-9-23-10-8-19)12-18-7-6-17-11-15(2)21-14-20(17)18/h11,14,16,18-19,22H,3-10,12-13H2,1-2H3. The molecule has 0 aromatic carbocycles. The quantitative estimate of drug-likeness (QED) is 0.861. The van der Waals surface area contributed by atoms with E-state index in [9.17, 15) is 0 Å². The van der Waals surface area contributed by atoms with Crippen LogP contribution in [0.15, 0.2) is 12.3 Å². The van der Waals surface area contributed by atoms with E-state index in [0.29, 0.717) is 6.04 Å². The highest BCUT2D eigenvalue weighted by atomic mass is 16.5. The molecular weight excluding hydrogens is 284 g/mol. The normalized spacial score (nSPS) is 25.8. The summed E-state index contributed by atoms with van der Waals surface area (Å²) in [7, 11) is 0. The first-order chi connectivity index (χ1) is 11.3. The Bertz CT molecular complexity index is 494. The van der Waals surface area contributed by atoms with Crippen LogP contribution in [0.2, 0.25) is 0 Å². The molecule has 2 heterocycles. The van der Waals surface area contributed by atoms with Gasteiger partial charge in [-0.05, 0) is 81.0 Å². The van der Waals surface area contributed by atoms with Gasteiger partial charge in [-0.2, -0.15) is 0 Å². The van der Waals surface area contributed by atoms with Gasteiger partial charge in [-0.3, -0.25) is 4.98 Å². The monoisotopic (exact) mass is 316 g/mol. The SMILES string of the molecule is CCC(CNC1CCCOCC1)CC1CCc2cc(C)ncc21. The van der Waals surface area contributed by atoms with Gasteiger partial charge in [0.2, 0.25) is 0 Å². The summed E-state index contributed by atoms with van der Waals surface area (Å²) in [5.41, 5.74) is 4.23. The van der Waals surface area contributed by atoms with Crippen molar-refractivity contribution in [1.82, 2.24) is 10.3 Å². The first kappa shape index (κ1) is 16.9. The van der Waals surface area contributed by atoms with E-state index >= 15 is 0 Å². The minimum atomic E-state index is 0.659. The highest BCUT2D eigenvalue weighted by Crippen LogP contribution is 2.37. The number of nitrogens with zero attached hydrogens (tertiary/aromatic N) is 1. The van der Waals surface area contributed by atoms with Gasteiger partial charge in [0.1, 0.15) is 0 Å². The molecule has 3 heteroatoms. The van der Waals surface area contributed by atoms with Crippen molar-refractivity contribution in [2.45, 2.75) is 70.8 Å². The van der Waals surface area contributed by atoms with Crippen LogP contribution < -0.4 is 5.32 Å². The Labute approximate surface area is 141 Å². The molecular formula is C20H32N2O. The van der Waals surface area contributed by atoms with Gasteiger partial charge >= 0.3 is 0 Å². The summed E-state index contributed by atoms with van der Waals surface area (Å²) in [5.74, 6) is 1.50. The number of hydrogen-bond acceptors (Lipinski definition) is 3. The van der Waals surface area contributed by atoms with Gasteiger partial charge < -0.3 is 10.1 Å². The number of nitrogens with one attached hydrogen (secondary N) is 1. The van der Waals surface area contributed by atoms with Crippen LogP contribution in [0.5, 0.6) is 0 Å². The minimum absolute atomic E-state index is 0.659. The molecule has 1 aromatic rings. The topological polar surface area (TPSA) is 34.1 Å². The largest absolute Gasteiger partial charge is 0.381 e. The average Bonchev–Trinajstić information content (AvgIpc) is 2.77. The van der Waals surface area contributed by atoms with Crippen LogP contribution in [0.4, 0.5) is 0 Å². The Morgan fingerprint density at radius 3 is 3.09 bits per heavy atom. The fourth-order valence-corrected chi connectivity index (χ4v) is 4.18. The molecule has 3 nitrogen and oxygen atoms in total. The van der Waals surface area contributed by atoms with E-state index < -0.39 is 0 Å². The number of hydrogen-bond donors (Lipinski definition) is 1. The Balaban J connectivity index is 1.52. The van der Waals surface area contributed by atoms with Crippen molar-refractivity contribution in [1.29, 1.82) is 0 Å². The van der Waals surface area contributed by atoms with Crippen LogP contribution in [0.1, 0.15) is 68.2 Å². The molecule has 3 rings (SSSR count). The molecule has 2 aliphatic rings. The van der Waals surface area contributed by atoms with E-state index in [1.165, 1.54) is 50.5 Å². The Kier molecular flexibility index (Phi) is 6.07. The molecule has 0 spiro atoms. The van der Waals surface area contributed by atoms with E-state index in [4.69, 9.17) is 4.74 Å². The number of aryl methyl sites for hydroxylation is 2. The highest BCUT2D eigenvalue weighted by Gasteiger charge is 2.25. The number of aromatic nitrogens is 1. The van der Waals surface area contributed by atoms with Crippen LogP contribution in [0, 0.1) is 12.8 Å². The molecule has 1 fully saturated rings. The molecule has 3 atom stereocenters. The number of fused-ring (bicyclic) bond motifs is 1. The van der Waals surface area contributed by atoms with Crippen LogP contribution in [0.3, 0.4) is 0 Å². The smallest absolute Gasteiger partial charge is 0.0480 e. The van der Waals surface area contributed by atoms with E-state index in [1.807, 2.05) is 0 Å². The molecule has 0 amide bonds. The molecule has 1 aromatic heterocycles. The zero-order chi connectivity index (χ0) is 16.1. The maximum absolute atomic E-state index is 5.57. The summed E-state index contributed by atoms with van der Waals surface area (Å²) in [5, 5.41) is 3.82. The van der Waals surface area contributed by atoms with Gasteiger partial charge in [0.25, 0.3) is 0 Å². The van der Waals surface area contributed by atoms with Gasteiger partial charge in [0.15, 0.2) is 0 Å². The van der Waals surface area contributed by atoms with E-state index in [2.05, 4.69) is 36.4 Å². The molecule has 23 heavy (non-hydrogen) atoms. The lowest BCUT2D eigenvalue weighted by Gasteiger charge is -2.23. The summed E-state index contributed by atoms with van der Waals surface area (Å²) in [6.07, 6.45) is 10.9. The summed E-state index contributed by atoms with van der Waals surface area (Å²) in [4.78, 5) is 4.53. The fourth-order valence-electron chi connectivity index (χ4n) is 4.18. The molecule has 1 aliphatic carbocycles. The third-order valence-electron chi connectivity index (χ3n) is 5.71. The van der Waals surface area contributed by atoms with Crippen molar-refractivity contribution < 1.29 is 4.74 Å². The van der Waals surface area contributed by atoms with Crippen molar-refractivity contribution in [2.75, 3.05) is 19.8 Å². The molecule has 0 radical (unpaired) electrons. The summed E-state index contributed by atoms with van der Waals surface area (Å²) < 4.78 is 5.57. The number of pyridine rings is 1. The van der Waals surface area contributed by atoms with Crippen LogP contribution in [0.25, 0.3) is 0 Å². The molecule has 3 unspecified atom stereocenters. The van der Waals surface area contributed by atoms with Crippen LogP contribution >= 0.6 is 0 Å². The van der Waals surface area contributed by atoms with Crippen LogP contribution in [-0.2, 0) is 11.2 Å². The lowest BCUT2D eigenvalue weighted by atomic mass is 9.89. The van der Waals surface area contributed by atoms with Gasteiger partial charge in [-0.15, -0.1) is 0 Å². The lowest BCUT2D eigenvalue weighted by molar-refractivity contribution is 0.142. The third-order valence-corrected chi connectivity index (χ3v) is 5.71. The number of rotatable bonds is 6. The Hall–Kier alpha value is -0.930. The molecule has 1 saturated heterocycles. The van der Waals surface area contributed by atoms with Gasteiger partial charge in [0.05, 0.1) is 0 Å². The van der Waals surface area contributed by atoms with Crippen molar-refractivity contribution >= 4 is 0 Å². The molecule has 128 valence electrons. The van der Waals surface area contributed by atoms with Gasteiger partial charge in [-0.1, -0.05) is 13.3 Å². The van der Waals surface area contributed by atoms with Crippen molar-refractivity contribution in [2.24, 2.45) is 5.92 Å². The predicted octanol–water partition coefficient (Wildman–Crippen LogP) is 3.99. The molecule has 0 bridgehead atoms. The minimum Gasteiger partial charge on any atom is -0.381 e. The third kappa shape index (κ3) is 4.54. The first-order valence-corrected chi connectivity index (χ1v) is 9.52. The van der Waals surface area contributed by atoms with E-state index in [0.717, 1.165) is 37.3 Å². The molecule has 1 aliphatic heterocycles. The Morgan fingerprint density at radius 2 is 2.22 bits per heavy atom. The summed E-state index contributed by atoms with van der Waals surface area (Å²) >= 11 is 0. The maximum atomic E-state index is 5.57. The first-order valence-electron chi connectivity index (χ1n) is 9.52. The zero-order valence-electron chi connectivity index (χ0n) is 14.8. The molecule has 0 saturated carbocycles. The van der Waals surface area contributed by atoms with Crippen LogP contribution in [-0.4, -0.2) is 30.8 Å². The zero-order valence-corrected chi connectivity index (χ0v) is 14.8. The predicted molar refractivity (Wildman–Crippen MR) is 94.9 cm³/mol. The Morgan fingerprint density at radius 1 is 1.30 bits per heavy atom. The van der Waals surface area contributed by atoms with Gasteiger partial charge in [-0.25, -0.2) is 0 Å². The molecule has 1 N–H and O–H groups in total. The summed E-state index contributed by atoms with van der Waals surface area (Å²) in [6.45, 7) is 7.47. The summed E-state index contributed by atoms with van der Waals surface area (Å²) in [6, 6.07) is 2.95. The second-order valence-electron chi connectivity index (χ2n) is 7.42. The second-order valence-corrected chi connectivity index (χ2v) is 7.42. The van der Waals surface area contributed by atoms with E-state index in [-0.39, 0.29) is 0 Å². The van der Waals surface area contributed by atoms with Crippen molar-refractivity contribution in [3.05, 3.63) is 29.1 Å². The van der Waals surface area contributed by atoms with Crippen molar-refractivity contribution in [3.8, 4) is 0 Å². The fraction of sp³-hybridized carbons (Fsp3) is 0.750. The highest BCUT2D eigenvalue weighted by molar-refractivity contribution is 5.34. The van der Waals surface area contributed by atoms with Gasteiger partial charge in [0, 0.05) is 31.1 Å². The maximum Gasteiger partial charge on any atom is 0.0480 e. The lowest BCUT2D eigenvalue weighted by Crippen LogP contribution is -2.34. The average molecular weight is 316 g/mol. The van der Waals surface area contributed by atoms with E-state index in [1.54, 1.807) is 5.56 Å². The number of ether oxygens (including phenoxy) is 1. The van der Waals surface area contributed by atoms with Crippen molar-refractivity contribution in [3.63, 3.8) is 0 Å².